The average molecular weight is 1670 g/mol. The molecule has 0 bridgehead atoms. The van der Waals surface area contributed by atoms with Gasteiger partial charge in [0.15, 0.2) is 37.7 Å². The molecule has 2 heterocycles. The second-order valence-electron chi connectivity index (χ2n) is 20.1. The number of thioether (sulfide) groups is 2. The van der Waals surface area contributed by atoms with Crippen molar-refractivity contribution in [2.45, 2.75) is 29.4 Å². The SMILES string of the molecule is Nc1c(N=Nc2ccc(SOOO)c(Nc3nc(NCCSCCO)nc(Nc4cccc(S(=O)(=O)CCOSOOO)c4)n3)c2)c(SOOO)cc2cc(S(=O)(=O)O)c(N=Nc3ccc(S(=O)(=O)O)c(Nc4nc(NCCSCCO)nc(Nc5cccc(S(=O)(=O)CCOS(=O)(=O)O)c5)n4)c3)c(O)c12. The number of phenolic OH excluding ortho intramolecular Hbond substituents is 1. The Kier molecular flexibility index (Phi) is 31.0. The summed E-state index contributed by atoms with van der Waals surface area (Å²) in [6.45, 7) is -1.04. The van der Waals surface area contributed by atoms with Crippen molar-refractivity contribution in [2.24, 2.45) is 20.5 Å². The molecule has 0 saturated carbocycles. The van der Waals surface area contributed by atoms with E-state index >= 15 is 0 Å². The van der Waals surface area contributed by atoms with Gasteiger partial charge in [-0.25, -0.2) is 36.8 Å². The van der Waals surface area contributed by atoms with Gasteiger partial charge in [-0.3, -0.25) is 17.8 Å². The number of sulfone groups is 2. The third-order valence-corrected chi connectivity index (χ3v) is 22.1. The summed E-state index contributed by atoms with van der Waals surface area (Å²) in [4.78, 5) is 23.7. The van der Waals surface area contributed by atoms with Gasteiger partial charge in [-0.2, -0.15) is 88.9 Å². The topological polar surface area (TPSA) is 652 Å². The molecular weight excluding hydrogens is 1620 g/mol. The Bertz CT molecular complexity index is 5070. The van der Waals surface area contributed by atoms with Crippen LogP contribution in [0.3, 0.4) is 0 Å². The second kappa shape index (κ2) is 39.2. The molecule has 8 aromatic rings. The number of anilines is 11. The van der Waals surface area contributed by atoms with Gasteiger partial charge in [0.2, 0.25) is 35.7 Å². The number of phenols is 1. The van der Waals surface area contributed by atoms with Crippen molar-refractivity contribution < 1.29 is 123 Å². The van der Waals surface area contributed by atoms with E-state index in [-0.39, 0.29) is 146 Å². The lowest BCUT2D eigenvalue weighted by molar-refractivity contribution is -0.434. The summed E-state index contributed by atoms with van der Waals surface area (Å²) in [5, 5.41) is 101. The Morgan fingerprint density at radius 1 is 0.491 bits per heavy atom. The van der Waals surface area contributed by atoms with E-state index in [2.05, 4.69) is 106 Å². The van der Waals surface area contributed by atoms with Gasteiger partial charge in [-0.05, 0) is 90.3 Å². The van der Waals surface area contributed by atoms with Gasteiger partial charge in [0, 0.05) is 47.5 Å². The molecule has 0 aliphatic rings. The van der Waals surface area contributed by atoms with Gasteiger partial charge < -0.3 is 53.0 Å². The number of rotatable bonds is 44. The molecule has 0 aliphatic carbocycles. The Labute approximate surface area is 621 Å². The van der Waals surface area contributed by atoms with Crippen LogP contribution in [0, 0.1) is 0 Å². The first-order chi connectivity index (χ1) is 50.5. The molecule has 0 aliphatic heterocycles. The molecule has 0 fully saturated rings. The quantitative estimate of drug-likeness (QED) is 0.00324. The van der Waals surface area contributed by atoms with Crippen LogP contribution in [0.15, 0.2) is 147 Å². The molecule has 54 heteroatoms. The summed E-state index contributed by atoms with van der Waals surface area (Å²) >= 11 is 3.69. The highest BCUT2D eigenvalue weighted by Crippen LogP contribution is 2.50. The van der Waals surface area contributed by atoms with Gasteiger partial charge in [0.25, 0.3) is 20.2 Å². The number of hydrogen-bond donors (Lipinski definition) is 16. The van der Waals surface area contributed by atoms with Crippen molar-refractivity contribution in [3.8, 4) is 5.75 Å². The molecule has 0 saturated heterocycles. The average Bonchev–Trinajstić information content (AvgIpc) is 0.746. The molecule has 2 aromatic heterocycles. The predicted molar refractivity (Wildman–Crippen MR) is 384 cm³/mol. The molecule has 106 heavy (non-hydrogen) atoms. The lowest BCUT2D eigenvalue weighted by Crippen LogP contribution is -2.15. The van der Waals surface area contributed by atoms with Gasteiger partial charge >= 0.3 is 10.4 Å². The van der Waals surface area contributed by atoms with Crippen molar-refractivity contribution in [1.29, 1.82) is 0 Å². The van der Waals surface area contributed by atoms with Crippen LogP contribution in [0.4, 0.5) is 86.9 Å². The van der Waals surface area contributed by atoms with Crippen LogP contribution in [0.5, 0.6) is 5.75 Å². The first-order valence-electron chi connectivity index (χ1n) is 29.0. The number of nitrogens with one attached hydrogen (secondary N) is 6. The number of azo groups is 2. The standard InChI is InChI=1S/C52H57N17O27S10/c53-43-42-29(23-39(100-95-92-74)44(43)68-66-32-7-9-38(99-94-91-73)36(27-32)58-51-62-47(54-11-17-97-19-13-70)60-49(64-51)56-30-3-1-5-34(25-30)102(76,77)21-15-89-101-96-93-75)24-41(105(83,84)85)45(46(42)72)69-67-33-8-10-40(104(80,81)82)37(28-33)59-52-63-48(55-12-18-98-20-14-71)61-50(65-52)57-31-4-2-6-35(26-31)103(78,79)22-16-90-106(86,87)88/h1-10,23-28,70-75H,11-22,53H2,(H,80,81,82)(H,83,84,85)(H,86,87,88)(H3,54,56,58,60,62,64)(H3,55,57,59,61,63,65). The highest BCUT2D eigenvalue weighted by molar-refractivity contribution is 7.99. The van der Waals surface area contributed by atoms with E-state index in [1.165, 1.54) is 84.2 Å². The van der Waals surface area contributed by atoms with Crippen LogP contribution in [0.2, 0.25) is 0 Å². The molecule has 17 N–H and O–H groups in total. The van der Waals surface area contributed by atoms with E-state index < -0.39 is 112 Å². The molecule has 6 aromatic carbocycles. The van der Waals surface area contributed by atoms with Gasteiger partial charge in [-0.15, -0.1) is 23.2 Å². The van der Waals surface area contributed by atoms with Crippen LogP contribution in [-0.2, 0) is 86.8 Å². The highest BCUT2D eigenvalue weighted by Gasteiger charge is 2.28. The zero-order chi connectivity index (χ0) is 76.7. The third-order valence-electron chi connectivity index (χ3n) is 13.0. The van der Waals surface area contributed by atoms with Crippen molar-refractivity contribution in [1.82, 2.24) is 29.9 Å². The fourth-order valence-corrected chi connectivity index (χ4v) is 15.0. The van der Waals surface area contributed by atoms with Crippen molar-refractivity contribution in [2.75, 3.05) is 112 Å². The second-order valence-corrected chi connectivity index (χ2v) is 32.6. The predicted octanol–water partition coefficient (Wildman–Crippen LogP) is 8.30. The number of aromatic hydroxyl groups is 1. The van der Waals surface area contributed by atoms with Crippen LogP contribution >= 0.6 is 59.9 Å². The molecule has 44 nitrogen and oxygen atoms in total. The maximum atomic E-state index is 13.2. The number of fused-ring (bicyclic) bond motifs is 1. The fraction of sp³-hybridized carbons (Fsp3) is 0.231. The first kappa shape index (κ1) is 83.7. The molecular formula is C52H57N17O27S10. The number of aliphatic hydroxyl groups excluding tert-OH is 2. The van der Waals surface area contributed by atoms with Gasteiger partial charge in [0.05, 0.1) is 115 Å². The molecule has 0 atom stereocenters. The number of nitrogen functional groups attached to an aromatic ring is 1. The van der Waals surface area contributed by atoms with Gasteiger partial charge in [0.1, 0.15) is 21.2 Å². The van der Waals surface area contributed by atoms with Crippen LogP contribution in [-0.4, -0.2) is 191 Å². The summed E-state index contributed by atoms with van der Waals surface area (Å²) in [6.07, 6.45) is 0. The molecule has 0 spiro atoms. The van der Waals surface area contributed by atoms with E-state index in [4.69, 9.17) is 33.7 Å². The van der Waals surface area contributed by atoms with E-state index in [1.807, 2.05) is 0 Å². The Morgan fingerprint density at radius 3 is 1.49 bits per heavy atom. The summed E-state index contributed by atoms with van der Waals surface area (Å²) < 4.78 is 179. The normalized spacial score (nSPS) is 12.3. The van der Waals surface area contributed by atoms with Gasteiger partial charge in [-0.1, -0.05) is 27.2 Å². The van der Waals surface area contributed by atoms with Crippen LogP contribution < -0.4 is 37.6 Å². The minimum Gasteiger partial charge on any atom is -0.505 e. The largest absolute Gasteiger partial charge is 0.505 e. The van der Waals surface area contributed by atoms with Crippen molar-refractivity contribution in [3.63, 3.8) is 0 Å². The molecule has 0 radical (unpaired) electrons. The molecule has 0 amide bonds. The minimum atomic E-state index is -5.40. The number of hydrogen-bond acceptors (Lipinski definition) is 46. The molecule has 0 unspecified atom stereocenters. The number of benzene rings is 6. The smallest absolute Gasteiger partial charge is 0.397 e. The third kappa shape index (κ3) is 25.1. The Hall–Kier alpha value is -7.94. The maximum Gasteiger partial charge on any atom is 0.397 e. The summed E-state index contributed by atoms with van der Waals surface area (Å²) in [7, 11) is -23.7. The highest BCUT2D eigenvalue weighted by atomic mass is 32.3. The zero-order valence-electron chi connectivity index (χ0n) is 53.2. The number of nitrogens with zero attached hydrogens (tertiary/aromatic N) is 10. The van der Waals surface area contributed by atoms with Crippen LogP contribution in [0.1, 0.15) is 0 Å². The first-order valence-corrected chi connectivity index (χ1v) is 41.0. The lowest BCUT2D eigenvalue weighted by Gasteiger charge is -2.15. The minimum absolute atomic E-state index is 0.0128. The Balaban J connectivity index is 1.14. The fourth-order valence-electron chi connectivity index (χ4n) is 8.61. The molecule has 8 rings (SSSR count). The Morgan fingerprint density at radius 2 is 0.972 bits per heavy atom. The van der Waals surface area contributed by atoms with Crippen molar-refractivity contribution in [3.05, 3.63) is 97.1 Å². The molecule has 572 valence electrons. The van der Waals surface area contributed by atoms with E-state index in [9.17, 15) is 71.8 Å². The summed E-state index contributed by atoms with van der Waals surface area (Å²) in [5.41, 5.74) is 4.21. The maximum absolute atomic E-state index is 13.2. The monoisotopic (exact) mass is 1670 g/mol. The van der Waals surface area contributed by atoms with Crippen LogP contribution in [0.25, 0.3) is 10.8 Å². The number of aliphatic hydroxyl groups is 2. The number of aromatic nitrogens is 6. The van der Waals surface area contributed by atoms with Crippen molar-refractivity contribution >= 4 is 208 Å². The lowest BCUT2D eigenvalue weighted by atomic mass is 10.1. The number of nitrogens with two attached hydrogens (primary N) is 1. The summed E-state index contributed by atoms with van der Waals surface area (Å²) in [6, 6.07) is 19.3. The summed E-state index contributed by atoms with van der Waals surface area (Å²) in [5.74, 6) is -2.07. The van der Waals surface area contributed by atoms with E-state index in [1.54, 1.807) is 0 Å². The van der Waals surface area contributed by atoms with E-state index in [0.29, 0.717) is 35.1 Å². The van der Waals surface area contributed by atoms with E-state index in [0.717, 1.165) is 36.4 Å². The zero-order valence-corrected chi connectivity index (χ0v) is 61.4.